The van der Waals surface area contributed by atoms with E-state index in [1.54, 1.807) is 31.2 Å². The van der Waals surface area contributed by atoms with Gasteiger partial charge in [0.2, 0.25) is 5.44 Å². The molecule has 4 nitrogen and oxygen atoms in total. The van der Waals surface area contributed by atoms with Crippen LogP contribution in [0.4, 0.5) is 0 Å². The van der Waals surface area contributed by atoms with Crippen molar-refractivity contribution in [3.8, 4) is 5.75 Å². The molecule has 0 bridgehead atoms. The van der Waals surface area contributed by atoms with Crippen molar-refractivity contribution in [2.45, 2.75) is 18.8 Å². The van der Waals surface area contributed by atoms with Gasteiger partial charge in [-0.05, 0) is 24.6 Å². The van der Waals surface area contributed by atoms with Gasteiger partial charge >= 0.3 is 10.1 Å². The van der Waals surface area contributed by atoms with E-state index in [0.717, 1.165) is 0 Å². The number of hydrogen-bond donors (Lipinski definition) is 1. The second-order valence-electron chi connectivity index (χ2n) is 2.71. The summed E-state index contributed by atoms with van der Waals surface area (Å²) in [4.78, 5) is 0. The maximum atomic E-state index is 10.8. The van der Waals surface area contributed by atoms with Gasteiger partial charge in [-0.1, -0.05) is 19.1 Å². The molecule has 1 atom stereocenters. The van der Waals surface area contributed by atoms with Gasteiger partial charge in [-0.3, -0.25) is 4.55 Å². The molecule has 14 heavy (non-hydrogen) atoms. The van der Waals surface area contributed by atoms with E-state index in [2.05, 4.69) is 6.07 Å². The minimum atomic E-state index is -4.15. The van der Waals surface area contributed by atoms with E-state index < -0.39 is 15.6 Å². The molecule has 0 saturated carbocycles. The van der Waals surface area contributed by atoms with E-state index >= 15 is 0 Å². The molecule has 0 aliphatic rings. The third-order valence-electron chi connectivity index (χ3n) is 1.62. The Bertz CT molecular complexity index is 371. The summed E-state index contributed by atoms with van der Waals surface area (Å²) in [6.45, 7) is 1.62. The zero-order valence-electron chi connectivity index (χ0n) is 7.67. The highest BCUT2D eigenvalue weighted by molar-refractivity contribution is 7.86. The van der Waals surface area contributed by atoms with Gasteiger partial charge in [-0.15, -0.1) is 0 Å². The summed E-state index contributed by atoms with van der Waals surface area (Å²) in [6.07, 6.45) is 0.192. The van der Waals surface area contributed by atoms with Crippen molar-refractivity contribution in [2.24, 2.45) is 0 Å². The second-order valence-corrected chi connectivity index (χ2v) is 4.26. The van der Waals surface area contributed by atoms with Gasteiger partial charge in [-0.2, -0.15) is 8.42 Å². The average molecular weight is 215 g/mol. The molecule has 1 aromatic rings. The third kappa shape index (κ3) is 3.01. The van der Waals surface area contributed by atoms with Gasteiger partial charge in [0.1, 0.15) is 5.75 Å². The molecule has 0 saturated heterocycles. The van der Waals surface area contributed by atoms with Crippen LogP contribution in [0.1, 0.15) is 13.3 Å². The molecule has 0 aliphatic heterocycles. The summed E-state index contributed by atoms with van der Waals surface area (Å²) in [5.41, 5.74) is -1.20. The molecule has 5 heteroatoms. The van der Waals surface area contributed by atoms with Crippen LogP contribution in [0.3, 0.4) is 0 Å². The van der Waals surface area contributed by atoms with Gasteiger partial charge in [0.15, 0.2) is 0 Å². The highest BCUT2D eigenvalue weighted by Crippen LogP contribution is 2.14. The van der Waals surface area contributed by atoms with Gasteiger partial charge in [0.25, 0.3) is 0 Å². The van der Waals surface area contributed by atoms with Crippen molar-refractivity contribution in [1.82, 2.24) is 0 Å². The summed E-state index contributed by atoms with van der Waals surface area (Å²) in [6, 6.07) is 9.13. The van der Waals surface area contributed by atoms with Gasteiger partial charge in [0, 0.05) is 0 Å². The highest BCUT2D eigenvalue weighted by Gasteiger charge is 2.22. The highest BCUT2D eigenvalue weighted by atomic mass is 32.2. The number of ether oxygens (including phenoxy) is 1. The molecule has 1 rings (SSSR count). The fourth-order valence-corrected chi connectivity index (χ4v) is 1.61. The Morgan fingerprint density at radius 1 is 1.50 bits per heavy atom. The molecule has 0 aliphatic carbocycles. The second kappa shape index (κ2) is 4.43. The van der Waals surface area contributed by atoms with Crippen LogP contribution in [0, 0.1) is 6.07 Å². The maximum Gasteiger partial charge on any atom is 0.303 e. The summed E-state index contributed by atoms with van der Waals surface area (Å²) in [5, 5.41) is 0. The molecule has 1 aromatic carbocycles. The first-order valence-electron chi connectivity index (χ1n) is 4.13. The molecule has 1 N–H and O–H groups in total. The molecule has 1 unspecified atom stereocenters. The first kappa shape index (κ1) is 11.0. The van der Waals surface area contributed by atoms with E-state index in [9.17, 15) is 8.42 Å². The minimum absolute atomic E-state index is 0.192. The Morgan fingerprint density at radius 3 is 2.50 bits per heavy atom. The summed E-state index contributed by atoms with van der Waals surface area (Å²) < 4.78 is 35.4. The monoisotopic (exact) mass is 215 g/mol. The zero-order chi connectivity index (χ0) is 10.6. The molecular formula is C9H11O4S. The fourth-order valence-electron chi connectivity index (χ4n) is 0.957. The van der Waals surface area contributed by atoms with E-state index in [1.807, 2.05) is 0 Å². The van der Waals surface area contributed by atoms with Crippen LogP contribution < -0.4 is 4.74 Å². The molecule has 0 spiro atoms. The van der Waals surface area contributed by atoms with E-state index in [-0.39, 0.29) is 6.42 Å². The summed E-state index contributed by atoms with van der Waals surface area (Å²) in [5.74, 6) is 0.397. The van der Waals surface area contributed by atoms with E-state index in [0.29, 0.717) is 5.75 Å². The normalized spacial score (nSPS) is 13.6. The van der Waals surface area contributed by atoms with Crippen molar-refractivity contribution in [3.05, 3.63) is 30.3 Å². The first-order chi connectivity index (χ1) is 6.54. The maximum absolute atomic E-state index is 10.8. The fraction of sp³-hybridized carbons (Fsp3) is 0.333. The molecule has 1 radical (unpaired) electrons. The van der Waals surface area contributed by atoms with Crippen molar-refractivity contribution in [3.63, 3.8) is 0 Å². The van der Waals surface area contributed by atoms with Crippen LogP contribution in [0.5, 0.6) is 5.75 Å². The van der Waals surface area contributed by atoms with Crippen molar-refractivity contribution < 1.29 is 17.7 Å². The lowest BCUT2D eigenvalue weighted by molar-refractivity contribution is 0.252. The Balaban J connectivity index is 2.77. The lowest BCUT2D eigenvalue weighted by Gasteiger charge is -2.13. The standard InChI is InChI=1S/C9H11O4S/c1-2-9(14(10,11)12)13-8-6-4-3-5-7-8/h4-7,9H,2H2,1H3,(H,10,11,12). The molecule has 0 amide bonds. The average Bonchev–Trinajstić information content (AvgIpc) is 2.14. The van der Waals surface area contributed by atoms with Gasteiger partial charge in [-0.25, -0.2) is 0 Å². The first-order valence-corrected chi connectivity index (χ1v) is 5.63. The lowest BCUT2D eigenvalue weighted by atomic mass is 10.3. The largest absolute Gasteiger partial charge is 0.472 e. The SMILES string of the molecule is CCC(Oc1cc[c]cc1)S(=O)(=O)O. The number of rotatable bonds is 4. The van der Waals surface area contributed by atoms with Crippen LogP contribution in [-0.2, 0) is 10.1 Å². The topological polar surface area (TPSA) is 63.6 Å². The zero-order valence-corrected chi connectivity index (χ0v) is 8.49. The smallest absolute Gasteiger partial charge is 0.303 e. The van der Waals surface area contributed by atoms with Crippen LogP contribution >= 0.6 is 0 Å². The quantitative estimate of drug-likeness (QED) is 0.773. The van der Waals surface area contributed by atoms with E-state index in [1.165, 1.54) is 0 Å². The Hall–Kier alpha value is -1.07. The molecule has 0 aromatic heterocycles. The Kier molecular flexibility index (Phi) is 3.49. The Labute approximate surface area is 83.3 Å². The van der Waals surface area contributed by atoms with E-state index in [4.69, 9.17) is 9.29 Å². The molecule has 0 heterocycles. The third-order valence-corrected chi connectivity index (χ3v) is 2.71. The van der Waals surface area contributed by atoms with Crippen LogP contribution in [0.15, 0.2) is 24.3 Å². The number of benzene rings is 1. The summed E-state index contributed by atoms with van der Waals surface area (Å²) >= 11 is 0. The van der Waals surface area contributed by atoms with Crippen LogP contribution in [-0.4, -0.2) is 18.4 Å². The van der Waals surface area contributed by atoms with Crippen LogP contribution in [0.2, 0.25) is 0 Å². The van der Waals surface area contributed by atoms with Crippen molar-refractivity contribution in [1.29, 1.82) is 0 Å². The lowest BCUT2D eigenvalue weighted by Crippen LogP contribution is -2.25. The summed E-state index contributed by atoms with van der Waals surface area (Å²) in [7, 11) is -4.15. The predicted octanol–water partition coefficient (Wildman–Crippen LogP) is 1.49. The molecule has 77 valence electrons. The van der Waals surface area contributed by atoms with Crippen molar-refractivity contribution in [2.75, 3.05) is 0 Å². The van der Waals surface area contributed by atoms with Gasteiger partial charge < -0.3 is 4.74 Å². The molecular weight excluding hydrogens is 204 g/mol. The Morgan fingerprint density at radius 2 is 2.07 bits per heavy atom. The van der Waals surface area contributed by atoms with Crippen LogP contribution in [0.25, 0.3) is 0 Å². The number of hydrogen-bond acceptors (Lipinski definition) is 3. The van der Waals surface area contributed by atoms with Gasteiger partial charge in [0.05, 0.1) is 0 Å². The molecule has 0 fully saturated rings. The predicted molar refractivity (Wildman–Crippen MR) is 51.5 cm³/mol. The van der Waals surface area contributed by atoms with Crippen molar-refractivity contribution >= 4 is 10.1 Å². The minimum Gasteiger partial charge on any atom is -0.472 e.